The van der Waals surface area contributed by atoms with Crippen LogP contribution in [0.2, 0.25) is 0 Å². The van der Waals surface area contributed by atoms with Gasteiger partial charge < -0.3 is 29.7 Å². The van der Waals surface area contributed by atoms with Crippen LogP contribution in [0, 0.1) is 20.2 Å². The molecule has 1 unspecified atom stereocenters. The summed E-state index contributed by atoms with van der Waals surface area (Å²) in [5.74, 6) is -0.710. The van der Waals surface area contributed by atoms with Crippen LogP contribution >= 0.6 is 0 Å². The third-order valence-corrected chi connectivity index (χ3v) is 4.40. The van der Waals surface area contributed by atoms with E-state index in [2.05, 4.69) is 15.5 Å². The van der Waals surface area contributed by atoms with Crippen molar-refractivity contribution in [2.75, 3.05) is 19.8 Å². The maximum Gasteiger partial charge on any atom is 0.413 e. The van der Waals surface area contributed by atoms with Gasteiger partial charge in [-0.25, -0.2) is 14.4 Å². The van der Waals surface area contributed by atoms with Crippen molar-refractivity contribution in [1.29, 1.82) is 0 Å². The molecule has 2 N–H and O–H groups in total. The van der Waals surface area contributed by atoms with E-state index in [1.165, 1.54) is 12.1 Å². The Balaban J connectivity index is 2.59. The lowest BCUT2D eigenvalue weighted by atomic mass is 10.1. The van der Waals surface area contributed by atoms with Crippen LogP contribution in [0.3, 0.4) is 0 Å². The molecule has 1 rings (SSSR count). The van der Waals surface area contributed by atoms with Crippen molar-refractivity contribution in [1.82, 2.24) is 10.6 Å². The first-order valence-electron chi connectivity index (χ1n) is 11.5. The van der Waals surface area contributed by atoms with Crippen molar-refractivity contribution < 1.29 is 43.4 Å². The molecule has 206 valence electrons. The highest BCUT2D eigenvalue weighted by Crippen LogP contribution is 2.17. The van der Waals surface area contributed by atoms with E-state index in [0.29, 0.717) is 19.3 Å². The van der Waals surface area contributed by atoms with Crippen LogP contribution in [-0.2, 0) is 19.1 Å². The third kappa shape index (κ3) is 14.7. The van der Waals surface area contributed by atoms with E-state index >= 15 is 0 Å². The van der Waals surface area contributed by atoms with E-state index in [1.54, 1.807) is 20.8 Å². The number of ether oxygens (including phenoxy) is 3. The molecule has 0 spiro atoms. The van der Waals surface area contributed by atoms with E-state index in [4.69, 9.17) is 14.2 Å². The highest BCUT2D eigenvalue weighted by atomic mass is 16.9. The first-order chi connectivity index (χ1) is 17.4. The van der Waals surface area contributed by atoms with Crippen molar-refractivity contribution in [2.45, 2.75) is 64.5 Å². The number of nitrogens with zero attached hydrogens (tertiary/aromatic N) is 2. The fraction of sp³-hybridized carbons (Fsp3) is 0.591. The van der Waals surface area contributed by atoms with Gasteiger partial charge >= 0.3 is 18.2 Å². The number of carbonyl (C=O) groups excluding carboxylic acids is 3. The number of rotatable bonds is 15. The van der Waals surface area contributed by atoms with Gasteiger partial charge in [-0.05, 0) is 65.0 Å². The monoisotopic (exact) mass is 528 g/mol. The number of hydrogen-bond donors (Lipinski definition) is 2. The molecule has 1 aromatic carbocycles. The number of nitro benzene ring substituents is 1. The van der Waals surface area contributed by atoms with Crippen molar-refractivity contribution in [3.05, 3.63) is 44.5 Å². The molecule has 37 heavy (non-hydrogen) atoms. The average Bonchev–Trinajstić information content (AvgIpc) is 2.79. The molecule has 0 saturated carbocycles. The molecule has 0 aliphatic rings. The highest BCUT2D eigenvalue weighted by molar-refractivity contribution is 5.82. The minimum absolute atomic E-state index is 0.0302. The summed E-state index contributed by atoms with van der Waals surface area (Å²) in [6.45, 7) is 5.30. The van der Waals surface area contributed by atoms with Gasteiger partial charge in [-0.15, -0.1) is 10.1 Å². The molecule has 15 heteroatoms. The number of nitrogens with one attached hydrogen (secondary N) is 2. The summed E-state index contributed by atoms with van der Waals surface area (Å²) in [5, 5.41) is 25.0. The van der Waals surface area contributed by atoms with Crippen LogP contribution in [0.1, 0.15) is 52.9 Å². The second-order valence-electron chi connectivity index (χ2n) is 8.69. The molecule has 0 aromatic heterocycles. The minimum atomic E-state index is -1.08. The lowest BCUT2D eigenvalue weighted by molar-refractivity contribution is -0.757. The Morgan fingerprint density at radius 3 is 2.19 bits per heavy atom. The molecule has 0 aliphatic carbocycles. The summed E-state index contributed by atoms with van der Waals surface area (Å²) >= 11 is 0. The second-order valence-corrected chi connectivity index (χ2v) is 8.69. The number of carbonyl (C=O) groups is 3. The summed E-state index contributed by atoms with van der Waals surface area (Å²) < 4.78 is 15.4. The molecule has 0 bridgehead atoms. The lowest BCUT2D eigenvalue weighted by Gasteiger charge is -2.20. The summed E-state index contributed by atoms with van der Waals surface area (Å²) in [6, 6.07) is 3.71. The van der Waals surface area contributed by atoms with Crippen molar-refractivity contribution in [3.63, 3.8) is 0 Å². The standard InChI is InChI=1S/C22H32N4O11/c1-22(2,3)37-20(28)23-13-5-4-8-18(19(27)34-14-6-7-15-35-26(32)33)24-21(29)36-17-11-9-16(10-12-17)25(30)31/h9-12,18H,4-8,13-15H2,1-3H3,(H,23,28)(H,24,29). The van der Waals surface area contributed by atoms with Gasteiger partial charge in [0.25, 0.3) is 10.8 Å². The topological polar surface area (TPSA) is 198 Å². The zero-order valence-electron chi connectivity index (χ0n) is 20.9. The zero-order chi connectivity index (χ0) is 27.8. The van der Waals surface area contributed by atoms with Gasteiger partial charge in [0.15, 0.2) is 0 Å². The van der Waals surface area contributed by atoms with Gasteiger partial charge in [-0.3, -0.25) is 10.1 Å². The zero-order valence-corrected chi connectivity index (χ0v) is 20.9. The van der Waals surface area contributed by atoms with E-state index in [-0.39, 0.29) is 44.0 Å². The number of unbranched alkanes of at least 4 members (excludes halogenated alkanes) is 2. The van der Waals surface area contributed by atoms with E-state index < -0.39 is 39.8 Å². The molecule has 0 aliphatic heterocycles. The molecule has 1 aromatic rings. The molecule has 0 heterocycles. The van der Waals surface area contributed by atoms with E-state index in [0.717, 1.165) is 12.1 Å². The number of non-ortho nitro benzene ring substituents is 1. The van der Waals surface area contributed by atoms with Gasteiger partial charge in [0.2, 0.25) is 0 Å². The SMILES string of the molecule is CC(C)(C)OC(=O)NCCCCC(NC(=O)Oc1ccc([N+](=O)[O-])cc1)C(=O)OCCCCO[N+](=O)[O-]. The number of alkyl carbamates (subject to hydrolysis) is 1. The molecular weight excluding hydrogens is 496 g/mol. The van der Waals surface area contributed by atoms with Crippen LogP contribution in [0.25, 0.3) is 0 Å². The molecular formula is C22H32N4O11. The molecule has 0 radical (unpaired) electrons. The normalized spacial score (nSPS) is 11.5. The molecule has 1 atom stereocenters. The first kappa shape index (κ1) is 30.9. The van der Waals surface area contributed by atoms with Gasteiger partial charge in [-0.1, -0.05) is 0 Å². The second kappa shape index (κ2) is 15.7. The number of esters is 1. The molecule has 0 saturated heterocycles. The van der Waals surface area contributed by atoms with Crippen LogP contribution < -0.4 is 15.4 Å². The lowest BCUT2D eigenvalue weighted by Crippen LogP contribution is -2.43. The van der Waals surface area contributed by atoms with Crippen LogP contribution in [0.4, 0.5) is 15.3 Å². The number of amides is 2. The predicted octanol–water partition coefficient (Wildman–Crippen LogP) is 3.28. The summed E-state index contributed by atoms with van der Waals surface area (Å²) in [6.07, 6.45) is 0.0971. The van der Waals surface area contributed by atoms with Crippen LogP contribution in [0.15, 0.2) is 24.3 Å². The van der Waals surface area contributed by atoms with Gasteiger partial charge in [-0.2, -0.15) is 0 Å². The Bertz CT molecular complexity index is 916. The van der Waals surface area contributed by atoms with Gasteiger partial charge in [0, 0.05) is 18.7 Å². The number of nitro groups is 1. The number of hydrogen-bond acceptors (Lipinski definition) is 11. The summed E-state index contributed by atoms with van der Waals surface area (Å²) in [5.41, 5.74) is -0.819. The smallest absolute Gasteiger partial charge is 0.413 e. The Kier molecular flexibility index (Phi) is 13.1. The Labute approximate surface area is 213 Å². The first-order valence-corrected chi connectivity index (χ1v) is 11.5. The average molecular weight is 529 g/mol. The summed E-state index contributed by atoms with van der Waals surface area (Å²) in [4.78, 5) is 61.0. The highest BCUT2D eigenvalue weighted by Gasteiger charge is 2.23. The van der Waals surface area contributed by atoms with Gasteiger partial charge in [0.05, 0.1) is 18.1 Å². The largest absolute Gasteiger partial charge is 0.464 e. The molecule has 2 amide bonds. The van der Waals surface area contributed by atoms with Gasteiger partial charge in [0.1, 0.15) is 17.4 Å². The van der Waals surface area contributed by atoms with Crippen molar-refractivity contribution in [2.24, 2.45) is 0 Å². The summed E-state index contributed by atoms with van der Waals surface area (Å²) in [7, 11) is 0. The molecule has 0 fully saturated rings. The van der Waals surface area contributed by atoms with Crippen LogP contribution in [0.5, 0.6) is 5.75 Å². The van der Waals surface area contributed by atoms with E-state index in [9.17, 15) is 34.6 Å². The molecule has 15 nitrogen and oxygen atoms in total. The van der Waals surface area contributed by atoms with Crippen LogP contribution in [-0.4, -0.2) is 59.6 Å². The fourth-order valence-electron chi connectivity index (χ4n) is 2.76. The quantitative estimate of drug-likeness (QED) is 0.146. The maximum atomic E-state index is 12.5. The predicted molar refractivity (Wildman–Crippen MR) is 127 cm³/mol. The van der Waals surface area contributed by atoms with Crippen molar-refractivity contribution >= 4 is 23.8 Å². The minimum Gasteiger partial charge on any atom is -0.464 e. The fourth-order valence-corrected chi connectivity index (χ4v) is 2.76. The Hall–Kier alpha value is -4.17. The van der Waals surface area contributed by atoms with E-state index in [1.807, 2.05) is 0 Å². The maximum absolute atomic E-state index is 12.5. The Morgan fingerprint density at radius 1 is 0.946 bits per heavy atom. The third-order valence-electron chi connectivity index (χ3n) is 4.40. The Morgan fingerprint density at radius 2 is 1.59 bits per heavy atom. The number of benzene rings is 1. The van der Waals surface area contributed by atoms with Crippen molar-refractivity contribution in [3.8, 4) is 5.75 Å².